The molecule has 1 aromatic heterocycles. The quantitative estimate of drug-likeness (QED) is 0.781. The minimum Gasteiger partial charge on any atom is -0.408 e. The predicted octanol–water partition coefficient (Wildman–Crippen LogP) is 1.24. The first-order chi connectivity index (χ1) is 7.58. The molecule has 16 heavy (non-hydrogen) atoms. The molecule has 0 unspecified atom stereocenters. The molecule has 2 rings (SSSR count). The van der Waals surface area contributed by atoms with Crippen molar-refractivity contribution in [1.82, 2.24) is 9.47 Å². The maximum atomic E-state index is 11.3. The summed E-state index contributed by atoms with van der Waals surface area (Å²) in [6, 6.07) is 5.92. The van der Waals surface area contributed by atoms with Crippen molar-refractivity contribution in [2.75, 3.05) is 20.6 Å². The van der Waals surface area contributed by atoms with Crippen molar-refractivity contribution >= 4 is 11.1 Å². The molecule has 0 spiro atoms. The highest BCUT2D eigenvalue weighted by Crippen LogP contribution is 2.14. The van der Waals surface area contributed by atoms with Gasteiger partial charge in [0.05, 0.1) is 5.52 Å². The van der Waals surface area contributed by atoms with E-state index >= 15 is 0 Å². The highest BCUT2D eigenvalue weighted by Gasteiger charge is 2.06. The molecule has 86 valence electrons. The summed E-state index contributed by atoms with van der Waals surface area (Å²) in [5, 5.41) is 0. The smallest absolute Gasteiger partial charge is 0.408 e. The zero-order chi connectivity index (χ0) is 11.7. The Labute approximate surface area is 94.1 Å². The average Bonchev–Trinajstić information content (AvgIpc) is 2.52. The second kappa shape index (κ2) is 4.14. The first-order valence-corrected chi connectivity index (χ1v) is 5.31. The first-order valence-electron chi connectivity index (χ1n) is 5.31. The Hall–Kier alpha value is -1.55. The number of oxazole rings is 1. The van der Waals surface area contributed by atoms with Gasteiger partial charge in [0.25, 0.3) is 0 Å². The summed E-state index contributed by atoms with van der Waals surface area (Å²) in [5.41, 5.74) is 2.71. The van der Waals surface area contributed by atoms with E-state index in [4.69, 9.17) is 4.42 Å². The fourth-order valence-corrected chi connectivity index (χ4v) is 1.69. The second-order valence-corrected chi connectivity index (χ2v) is 4.28. The number of aryl methyl sites for hydroxylation is 1. The van der Waals surface area contributed by atoms with Crippen LogP contribution in [0.2, 0.25) is 0 Å². The lowest BCUT2D eigenvalue weighted by atomic mass is 10.1. The number of nitrogens with zero attached hydrogens (tertiary/aromatic N) is 2. The van der Waals surface area contributed by atoms with E-state index in [0.717, 1.165) is 18.5 Å². The summed E-state index contributed by atoms with van der Waals surface area (Å²) in [4.78, 5) is 13.4. The monoisotopic (exact) mass is 220 g/mol. The first kappa shape index (κ1) is 11.0. The predicted molar refractivity (Wildman–Crippen MR) is 63.7 cm³/mol. The van der Waals surface area contributed by atoms with Crippen molar-refractivity contribution in [3.63, 3.8) is 0 Å². The molecule has 0 aliphatic rings. The Balaban J connectivity index is 2.33. The standard InChI is InChI=1S/C12H16N2O2/c1-13(2)7-6-9-4-5-10-11(8-9)16-12(15)14(10)3/h4-5,8H,6-7H2,1-3H3. The summed E-state index contributed by atoms with van der Waals surface area (Å²) in [5.74, 6) is -0.306. The molecule has 0 atom stereocenters. The van der Waals surface area contributed by atoms with Crippen LogP contribution in [0, 0.1) is 0 Å². The minimum absolute atomic E-state index is 0.306. The molecule has 0 bridgehead atoms. The third-order valence-corrected chi connectivity index (χ3v) is 2.70. The summed E-state index contributed by atoms with van der Waals surface area (Å²) in [7, 11) is 5.80. The summed E-state index contributed by atoms with van der Waals surface area (Å²) in [6.45, 7) is 0.989. The van der Waals surface area contributed by atoms with Gasteiger partial charge in [0.1, 0.15) is 0 Å². The van der Waals surface area contributed by atoms with E-state index in [2.05, 4.69) is 4.90 Å². The summed E-state index contributed by atoms with van der Waals surface area (Å²) < 4.78 is 6.66. The van der Waals surface area contributed by atoms with Gasteiger partial charge in [-0.15, -0.1) is 0 Å². The van der Waals surface area contributed by atoms with Gasteiger partial charge in [-0.1, -0.05) is 6.07 Å². The number of aromatic nitrogens is 1. The third-order valence-electron chi connectivity index (χ3n) is 2.70. The molecule has 2 aromatic rings. The number of fused-ring (bicyclic) bond motifs is 1. The van der Waals surface area contributed by atoms with Crippen molar-refractivity contribution in [1.29, 1.82) is 0 Å². The molecule has 0 saturated heterocycles. The number of likely N-dealkylation sites (N-methyl/N-ethyl adjacent to an activating group) is 1. The Bertz CT molecular complexity index is 552. The van der Waals surface area contributed by atoms with Gasteiger partial charge in [-0.25, -0.2) is 4.79 Å². The average molecular weight is 220 g/mol. The van der Waals surface area contributed by atoms with E-state index in [1.165, 1.54) is 10.1 Å². The molecule has 0 amide bonds. The number of hydrogen-bond donors (Lipinski definition) is 0. The largest absolute Gasteiger partial charge is 0.419 e. The zero-order valence-corrected chi connectivity index (χ0v) is 9.86. The van der Waals surface area contributed by atoms with Crippen LogP contribution in [0.15, 0.2) is 27.4 Å². The van der Waals surface area contributed by atoms with Crippen LogP contribution in [0.5, 0.6) is 0 Å². The van der Waals surface area contributed by atoms with Crippen LogP contribution >= 0.6 is 0 Å². The van der Waals surface area contributed by atoms with E-state index in [9.17, 15) is 4.79 Å². The summed E-state index contributed by atoms with van der Waals surface area (Å²) in [6.07, 6.45) is 0.960. The van der Waals surface area contributed by atoms with Gasteiger partial charge in [-0.05, 0) is 38.2 Å². The molecule has 1 aromatic carbocycles. The molecule has 0 aliphatic heterocycles. The molecule has 0 aliphatic carbocycles. The van der Waals surface area contributed by atoms with Crippen molar-refractivity contribution in [2.24, 2.45) is 7.05 Å². The van der Waals surface area contributed by atoms with Gasteiger partial charge < -0.3 is 9.32 Å². The van der Waals surface area contributed by atoms with Crippen LogP contribution in [0.25, 0.3) is 11.1 Å². The number of benzene rings is 1. The number of hydrogen-bond acceptors (Lipinski definition) is 3. The molecule has 0 fully saturated rings. The van der Waals surface area contributed by atoms with Crippen LogP contribution in [0.4, 0.5) is 0 Å². The highest BCUT2D eigenvalue weighted by atomic mass is 16.4. The highest BCUT2D eigenvalue weighted by molar-refractivity contribution is 5.73. The summed E-state index contributed by atoms with van der Waals surface area (Å²) >= 11 is 0. The Kier molecular flexibility index (Phi) is 2.83. The van der Waals surface area contributed by atoms with Gasteiger partial charge in [0, 0.05) is 13.6 Å². The molecule has 0 radical (unpaired) electrons. The zero-order valence-electron chi connectivity index (χ0n) is 9.86. The molecular weight excluding hydrogens is 204 g/mol. The van der Waals surface area contributed by atoms with E-state index in [0.29, 0.717) is 5.58 Å². The van der Waals surface area contributed by atoms with Crippen LogP contribution < -0.4 is 5.76 Å². The third kappa shape index (κ3) is 2.02. The minimum atomic E-state index is -0.306. The van der Waals surface area contributed by atoms with Crippen molar-refractivity contribution in [2.45, 2.75) is 6.42 Å². The maximum absolute atomic E-state index is 11.3. The van der Waals surface area contributed by atoms with Crippen LogP contribution in [0.3, 0.4) is 0 Å². The van der Waals surface area contributed by atoms with Crippen LogP contribution in [-0.2, 0) is 13.5 Å². The van der Waals surface area contributed by atoms with E-state index in [1.54, 1.807) is 7.05 Å². The number of rotatable bonds is 3. The molecular formula is C12H16N2O2. The topological polar surface area (TPSA) is 38.4 Å². The molecule has 4 nitrogen and oxygen atoms in total. The Morgan fingerprint density at radius 1 is 1.38 bits per heavy atom. The van der Waals surface area contributed by atoms with Crippen LogP contribution in [-0.4, -0.2) is 30.1 Å². The van der Waals surface area contributed by atoms with Gasteiger partial charge in [-0.2, -0.15) is 0 Å². The SMILES string of the molecule is CN(C)CCc1ccc2c(c1)oc(=O)n2C. The van der Waals surface area contributed by atoms with E-state index < -0.39 is 0 Å². The van der Waals surface area contributed by atoms with Gasteiger partial charge in [0.2, 0.25) is 0 Å². The van der Waals surface area contributed by atoms with Crippen LogP contribution in [0.1, 0.15) is 5.56 Å². The van der Waals surface area contributed by atoms with Crippen molar-refractivity contribution < 1.29 is 4.42 Å². The van der Waals surface area contributed by atoms with E-state index in [-0.39, 0.29) is 5.76 Å². The van der Waals surface area contributed by atoms with Crippen molar-refractivity contribution in [3.8, 4) is 0 Å². The Morgan fingerprint density at radius 2 is 2.12 bits per heavy atom. The molecule has 4 heteroatoms. The van der Waals surface area contributed by atoms with Crippen molar-refractivity contribution in [3.05, 3.63) is 34.3 Å². The fourth-order valence-electron chi connectivity index (χ4n) is 1.69. The lowest BCUT2D eigenvalue weighted by Crippen LogP contribution is -2.14. The molecule has 0 saturated carbocycles. The molecule has 1 heterocycles. The maximum Gasteiger partial charge on any atom is 0.419 e. The van der Waals surface area contributed by atoms with Gasteiger partial charge in [-0.3, -0.25) is 4.57 Å². The normalized spacial score (nSPS) is 11.5. The lowest BCUT2D eigenvalue weighted by molar-refractivity contribution is 0.413. The lowest BCUT2D eigenvalue weighted by Gasteiger charge is -2.08. The van der Waals surface area contributed by atoms with Gasteiger partial charge in [0.15, 0.2) is 5.58 Å². The second-order valence-electron chi connectivity index (χ2n) is 4.28. The van der Waals surface area contributed by atoms with E-state index in [1.807, 2.05) is 32.3 Å². The molecule has 0 N–H and O–H groups in total. The fraction of sp³-hybridized carbons (Fsp3) is 0.417. The Morgan fingerprint density at radius 3 is 2.81 bits per heavy atom. The van der Waals surface area contributed by atoms with Gasteiger partial charge >= 0.3 is 5.76 Å².